The molecule has 1 aromatic carbocycles. The first-order valence-electron chi connectivity index (χ1n) is 9.45. The Morgan fingerprint density at radius 1 is 1.24 bits per heavy atom. The summed E-state index contributed by atoms with van der Waals surface area (Å²) in [5.74, 6) is -0.603. The fourth-order valence-electron chi connectivity index (χ4n) is 3.55. The van der Waals surface area contributed by atoms with Crippen LogP contribution in [0.3, 0.4) is 0 Å². The molecule has 0 spiro atoms. The SMILES string of the molecule is CC1=NN2C=CC=NC2C1C(=O)NCc1ccc(S(=O)(=O)N2CCOCC2)cc1. The number of aliphatic imine (C=N–C) groups is 1. The Morgan fingerprint density at radius 3 is 2.69 bits per heavy atom. The minimum atomic E-state index is -3.52. The molecule has 2 atom stereocenters. The number of amides is 1. The van der Waals surface area contributed by atoms with Crippen molar-refractivity contribution < 1.29 is 17.9 Å². The number of hydrogen-bond donors (Lipinski definition) is 1. The molecule has 1 fully saturated rings. The van der Waals surface area contributed by atoms with Crippen molar-refractivity contribution in [2.24, 2.45) is 16.0 Å². The summed E-state index contributed by atoms with van der Waals surface area (Å²) in [5, 5.41) is 8.95. The van der Waals surface area contributed by atoms with Crippen molar-refractivity contribution in [2.75, 3.05) is 26.3 Å². The van der Waals surface area contributed by atoms with E-state index in [9.17, 15) is 13.2 Å². The summed E-state index contributed by atoms with van der Waals surface area (Å²) in [7, 11) is -3.52. The Hall–Kier alpha value is -2.56. The number of rotatable bonds is 5. The minimum absolute atomic E-state index is 0.156. The molecule has 1 aromatic rings. The second-order valence-electron chi connectivity index (χ2n) is 7.03. The van der Waals surface area contributed by atoms with Gasteiger partial charge in [-0.2, -0.15) is 9.41 Å². The van der Waals surface area contributed by atoms with Gasteiger partial charge >= 0.3 is 0 Å². The maximum atomic E-state index is 12.7. The van der Waals surface area contributed by atoms with E-state index in [0.717, 1.165) is 5.56 Å². The van der Waals surface area contributed by atoms with Gasteiger partial charge in [0.25, 0.3) is 0 Å². The summed E-state index contributed by atoms with van der Waals surface area (Å²) >= 11 is 0. The molecule has 4 rings (SSSR count). The number of sulfonamides is 1. The van der Waals surface area contributed by atoms with Gasteiger partial charge in [-0.25, -0.2) is 13.4 Å². The molecule has 0 aromatic heterocycles. The molecule has 0 aliphatic carbocycles. The van der Waals surface area contributed by atoms with E-state index in [1.807, 2.05) is 6.92 Å². The zero-order valence-electron chi connectivity index (χ0n) is 16.1. The van der Waals surface area contributed by atoms with Gasteiger partial charge in [0.15, 0.2) is 6.17 Å². The molecule has 9 nitrogen and oxygen atoms in total. The second kappa shape index (κ2) is 8.05. The van der Waals surface area contributed by atoms with Crippen molar-refractivity contribution in [3.05, 3.63) is 42.1 Å². The predicted octanol–water partition coefficient (Wildman–Crippen LogP) is 0.556. The van der Waals surface area contributed by atoms with Gasteiger partial charge in [-0.05, 0) is 30.7 Å². The number of benzene rings is 1. The monoisotopic (exact) mass is 417 g/mol. The molecule has 1 N–H and O–H groups in total. The molecule has 2 unspecified atom stereocenters. The van der Waals surface area contributed by atoms with Gasteiger partial charge in [0, 0.05) is 32.0 Å². The average Bonchev–Trinajstić information content (AvgIpc) is 3.08. The topological polar surface area (TPSA) is 104 Å². The molecule has 29 heavy (non-hydrogen) atoms. The standard InChI is InChI=1S/C19H23N5O4S/c1-14-17(18-20-7-2-8-24(18)22-14)19(25)21-13-15-3-5-16(6-4-15)29(26,27)23-9-11-28-12-10-23/h2-8,17-18H,9-13H2,1H3,(H,21,25). The Morgan fingerprint density at radius 2 is 1.97 bits per heavy atom. The summed E-state index contributed by atoms with van der Waals surface area (Å²) in [6.45, 7) is 3.65. The largest absolute Gasteiger partial charge is 0.379 e. The first-order chi connectivity index (χ1) is 14.0. The van der Waals surface area contributed by atoms with E-state index in [1.165, 1.54) is 4.31 Å². The highest BCUT2D eigenvalue weighted by Crippen LogP contribution is 2.25. The van der Waals surface area contributed by atoms with Crippen molar-refractivity contribution >= 4 is 27.9 Å². The summed E-state index contributed by atoms with van der Waals surface area (Å²) in [6.07, 6.45) is 4.90. The number of carbonyl (C=O) groups excluding carboxylic acids is 1. The van der Waals surface area contributed by atoms with Crippen LogP contribution in [0.15, 0.2) is 51.5 Å². The van der Waals surface area contributed by atoms with E-state index >= 15 is 0 Å². The predicted molar refractivity (Wildman–Crippen MR) is 108 cm³/mol. The molecule has 0 saturated carbocycles. The van der Waals surface area contributed by atoms with E-state index in [1.54, 1.807) is 47.8 Å². The molecular formula is C19H23N5O4S. The number of carbonyl (C=O) groups is 1. The number of hydrogen-bond acceptors (Lipinski definition) is 7. The number of nitrogens with one attached hydrogen (secondary N) is 1. The van der Waals surface area contributed by atoms with Crippen LogP contribution in [0.4, 0.5) is 0 Å². The van der Waals surface area contributed by atoms with Crippen molar-refractivity contribution in [3.8, 4) is 0 Å². The zero-order chi connectivity index (χ0) is 20.4. The summed E-state index contributed by atoms with van der Waals surface area (Å²) < 4.78 is 32.0. The lowest BCUT2D eigenvalue weighted by Gasteiger charge is -2.26. The van der Waals surface area contributed by atoms with Crippen LogP contribution in [-0.4, -0.2) is 68.0 Å². The number of ether oxygens (including phenoxy) is 1. The molecule has 3 heterocycles. The lowest BCUT2D eigenvalue weighted by Crippen LogP contribution is -2.41. The van der Waals surface area contributed by atoms with Crippen LogP contribution in [0, 0.1) is 5.92 Å². The Balaban J connectivity index is 1.38. The Kier molecular flexibility index (Phi) is 5.48. The van der Waals surface area contributed by atoms with Crippen LogP contribution < -0.4 is 5.32 Å². The zero-order valence-corrected chi connectivity index (χ0v) is 16.9. The third-order valence-corrected chi connectivity index (χ3v) is 7.05. The molecule has 154 valence electrons. The normalized spacial score (nSPS) is 24.3. The number of fused-ring (bicyclic) bond motifs is 1. The van der Waals surface area contributed by atoms with E-state index in [4.69, 9.17) is 4.74 Å². The van der Waals surface area contributed by atoms with Crippen LogP contribution in [0.2, 0.25) is 0 Å². The van der Waals surface area contributed by atoms with Gasteiger partial charge in [-0.3, -0.25) is 9.79 Å². The third kappa shape index (κ3) is 3.96. The first-order valence-corrected chi connectivity index (χ1v) is 10.9. The highest BCUT2D eigenvalue weighted by molar-refractivity contribution is 7.89. The summed E-state index contributed by atoms with van der Waals surface area (Å²) in [6, 6.07) is 6.59. The van der Waals surface area contributed by atoms with Gasteiger partial charge in [-0.1, -0.05) is 12.1 Å². The number of allylic oxidation sites excluding steroid dienone is 1. The van der Waals surface area contributed by atoms with Gasteiger partial charge in [0.1, 0.15) is 5.92 Å². The Labute approximate surface area is 169 Å². The lowest BCUT2D eigenvalue weighted by atomic mass is 10.0. The molecule has 1 amide bonds. The van der Waals surface area contributed by atoms with Crippen molar-refractivity contribution in [2.45, 2.75) is 24.5 Å². The lowest BCUT2D eigenvalue weighted by molar-refractivity contribution is -0.124. The maximum Gasteiger partial charge on any atom is 0.243 e. The second-order valence-corrected chi connectivity index (χ2v) is 8.97. The molecule has 3 aliphatic rings. The molecular weight excluding hydrogens is 394 g/mol. The summed E-state index contributed by atoms with van der Waals surface area (Å²) in [5.41, 5.74) is 1.53. The minimum Gasteiger partial charge on any atom is -0.379 e. The third-order valence-electron chi connectivity index (χ3n) is 5.14. The van der Waals surface area contributed by atoms with Gasteiger partial charge in [0.2, 0.25) is 15.9 Å². The fourth-order valence-corrected chi connectivity index (χ4v) is 4.96. The van der Waals surface area contributed by atoms with Gasteiger partial charge < -0.3 is 10.1 Å². The fraction of sp³-hybridized carbons (Fsp3) is 0.421. The molecule has 0 bridgehead atoms. The highest BCUT2D eigenvalue weighted by atomic mass is 32.2. The van der Waals surface area contributed by atoms with Gasteiger partial charge in [-0.15, -0.1) is 0 Å². The molecule has 3 aliphatic heterocycles. The van der Waals surface area contributed by atoms with E-state index in [0.29, 0.717) is 38.6 Å². The molecule has 1 saturated heterocycles. The first kappa shape index (κ1) is 19.7. The Bertz CT molecular complexity index is 965. The van der Waals surface area contributed by atoms with Crippen molar-refractivity contribution in [1.82, 2.24) is 14.6 Å². The smallest absolute Gasteiger partial charge is 0.243 e. The van der Waals surface area contributed by atoms with Crippen LogP contribution >= 0.6 is 0 Å². The number of nitrogens with zero attached hydrogens (tertiary/aromatic N) is 4. The van der Waals surface area contributed by atoms with Crippen LogP contribution in [0.1, 0.15) is 12.5 Å². The van der Waals surface area contributed by atoms with Crippen molar-refractivity contribution in [1.29, 1.82) is 0 Å². The van der Waals surface area contributed by atoms with Gasteiger partial charge in [0.05, 0.1) is 23.8 Å². The maximum absolute atomic E-state index is 12.7. The average molecular weight is 417 g/mol. The number of hydrazone groups is 1. The quantitative estimate of drug-likeness (QED) is 0.754. The van der Waals surface area contributed by atoms with Crippen molar-refractivity contribution in [3.63, 3.8) is 0 Å². The van der Waals surface area contributed by atoms with E-state index in [2.05, 4.69) is 15.4 Å². The van der Waals surface area contributed by atoms with Crippen LogP contribution in [0.5, 0.6) is 0 Å². The number of morpholine rings is 1. The van der Waals surface area contributed by atoms with E-state index < -0.39 is 15.9 Å². The highest BCUT2D eigenvalue weighted by Gasteiger charge is 2.39. The summed E-state index contributed by atoms with van der Waals surface area (Å²) in [4.78, 5) is 17.3. The van der Waals surface area contributed by atoms with Crippen LogP contribution in [0.25, 0.3) is 0 Å². The van der Waals surface area contributed by atoms with Crippen LogP contribution in [-0.2, 0) is 26.1 Å². The molecule has 0 radical (unpaired) electrons. The molecule has 10 heteroatoms. The van der Waals surface area contributed by atoms with E-state index in [-0.39, 0.29) is 17.0 Å².